The third-order valence-corrected chi connectivity index (χ3v) is 3.42. The molecular weight excluding hydrogens is 274 g/mol. The minimum Gasteiger partial charge on any atom is -0.493 e. The van der Waals surface area contributed by atoms with Gasteiger partial charge in [0.1, 0.15) is 5.75 Å². The van der Waals surface area contributed by atoms with Crippen molar-refractivity contribution < 1.29 is 9.53 Å². The van der Waals surface area contributed by atoms with Gasteiger partial charge in [-0.2, -0.15) is 0 Å². The van der Waals surface area contributed by atoms with E-state index >= 15 is 0 Å². The molecule has 0 saturated carbocycles. The standard InChI is InChI=1S/C19H17NO2/c1-2-22-19-10-6-4-8-16(19)18(21)12-11-15-13-14-7-3-5-9-17(14)20-15/h3-13,20H,2H2,1H3. The van der Waals surface area contributed by atoms with Crippen LogP contribution in [-0.2, 0) is 0 Å². The highest BCUT2D eigenvalue weighted by Crippen LogP contribution is 2.20. The Balaban J connectivity index is 1.84. The van der Waals surface area contributed by atoms with E-state index in [0.717, 1.165) is 16.6 Å². The molecule has 3 aromatic rings. The highest BCUT2D eigenvalue weighted by molar-refractivity contribution is 6.08. The Morgan fingerprint density at radius 1 is 1.14 bits per heavy atom. The zero-order valence-corrected chi connectivity index (χ0v) is 12.4. The number of aromatic amines is 1. The number of aromatic nitrogens is 1. The third kappa shape index (κ3) is 2.93. The number of carbonyl (C=O) groups is 1. The van der Waals surface area contributed by atoms with E-state index < -0.39 is 0 Å². The predicted molar refractivity (Wildman–Crippen MR) is 89.3 cm³/mol. The maximum atomic E-state index is 12.3. The van der Waals surface area contributed by atoms with Crippen molar-refractivity contribution in [2.75, 3.05) is 6.61 Å². The second-order valence-electron chi connectivity index (χ2n) is 4.94. The number of H-pyrrole nitrogens is 1. The van der Waals surface area contributed by atoms with E-state index in [1.807, 2.05) is 55.5 Å². The van der Waals surface area contributed by atoms with E-state index in [0.29, 0.717) is 17.9 Å². The first-order valence-electron chi connectivity index (χ1n) is 7.30. The minimum atomic E-state index is -0.0669. The molecule has 3 rings (SSSR count). The van der Waals surface area contributed by atoms with Crippen molar-refractivity contribution in [3.63, 3.8) is 0 Å². The molecule has 0 fully saturated rings. The lowest BCUT2D eigenvalue weighted by molar-refractivity contribution is 0.104. The average molecular weight is 291 g/mol. The monoisotopic (exact) mass is 291 g/mol. The highest BCUT2D eigenvalue weighted by atomic mass is 16.5. The van der Waals surface area contributed by atoms with Crippen LogP contribution >= 0.6 is 0 Å². The molecule has 0 saturated heterocycles. The molecule has 0 atom stereocenters. The molecule has 1 aromatic heterocycles. The molecule has 0 aliphatic heterocycles. The SMILES string of the molecule is CCOc1ccccc1C(=O)C=Cc1cc2ccccc2[nH]1. The Morgan fingerprint density at radius 2 is 1.91 bits per heavy atom. The van der Waals surface area contributed by atoms with Gasteiger partial charge in [-0.05, 0) is 48.7 Å². The molecule has 0 radical (unpaired) electrons. The molecule has 0 bridgehead atoms. The Labute approximate surface area is 129 Å². The van der Waals surface area contributed by atoms with Crippen LogP contribution in [-0.4, -0.2) is 17.4 Å². The average Bonchev–Trinajstić information content (AvgIpc) is 2.96. The first kappa shape index (κ1) is 14.1. The summed E-state index contributed by atoms with van der Waals surface area (Å²) in [6.45, 7) is 2.44. The number of hydrogen-bond acceptors (Lipinski definition) is 2. The summed E-state index contributed by atoms with van der Waals surface area (Å²) in [5, 5.41) is 1.13. The summed E-state index contributed by atoms with van der Waals surface area (Å²) in [7, 11) is 0. The quantitative estimate of drug-likeness (QED) is 0.557. The number of rotatable bonds is 5. The van der Waals surface area contributed by atoms with Gasteiger partial charge in [-0.15, -0.1) is 0 Å². The Morgan fingerprint density at radius 3 is 2.73 bits per heavy atom. The van der Waals surface area contributed by atoms with Crippen molar-refractivity contribution in [2.24, 2.45) is 0 Å². The third-order valence-electron chi connectivity index (χ3n) is 3.42. The fraction of sp³-hybridized carbons (Fsp3) is 0.105. The van der Waals surface area contributed by atoms with Gasteiger partial charge in [-0.25, -0.2) is 0 Å². The first-order valence-corrected chi connectivity index (χ1v) is 7.30. The van der Waals surface area contributed by atoms with Gasteiger partial charge >= 0.3 is 0 Å². The van der Waals surface area contributed by atoms with Crippen molar-refractivity contribution in [2.45, 2.75) is 6.92 Å². The van der Waals surface area contributed by atoms with E-state index in [9.17, 15) is 4.79 Å². The van der Waals surface area contributed by atoms with Gasteiger partial charge in [0.15, 0.2) is 5.78 Å². The number of ether oxygens (including phenoxy) is 1. The van der Waals surface area contributed by atoms with E-state index in [-0.39, 0.29) is 5.78 Å². The van der Waals surface area contributed by atoms with Crippen LogP contribution < -0.4 is 4.74 Å². The number of para-hydroxylation sites is 2. The lowest BCUT2D eigenvalue weighted by atomic mass is 10.1. The molecule has 2 aromatic carbocycles. The van der Waals surface area contributed by atoms with Crippen LogP contribution in [0.4, 0.5) is 0 Å². The van der Waals surface area contributed by atoms with Crippen molar-refractivity contribution in [3.8, 4) is 5.75 Å². The molecule has 22 heavy (non-hydrogen) atoms. The summed E-state index contributed by atoms with van der Waals surface area (Å²) in [4.78, 5) is 15.6. The van der Waals surface area contributed by atoms with Gasteiger partial charge in [-0.1, -0.05) is 30.3 Å². The van der Waals surface area contributed by atoms with Crippen molar-refractivity contribution in [3.05, 3.63) is 71.9 Å². The van der Waals surface area contributed by atoms with Crippen LogP contribution in [0.2, 0.25) is 0 Å². The van der Waals surface area contributed by atoms with Gasteiger partial charge in [0.25, 0.3) is 0 Å². The number of benzene rings is 2. The number of nitrogens with one attached hydrogen (secondary N) is 1. The summed E-state index contributed by atoms with van der Waals surface area (Å²) in [5.41, 5.74) is 2.55. The molecule has 0 amide bonds. The van der Waals surface area contributed by atoms with E-state index in [2.05, 4.69) is 4.98 Å². The topological polar surface area (TPSA) is 42.1 Å². The van der Waals surface area contributed by atoms with Gasteiger partial charge in [0.05, 0.1) is 12.2 Å². The van der Waals surface area contributed by atoms with Gasteiger partial charge in [0, 0.05) is 11.2 Å². The molecule has 3 heteroatoms. The van der Waals surface area contributed by atoms with Crippen LogP contribution in [0.25, 0.3) is 17.0 Å². The molecule has 0 unspecified atom stereocenters. The van der Waals surface area contributed by atoms with Crippen LogP contribution in [0.5, 0.6) is 5.75 Å². The maximum absolute atomic E-state index is 12.3. The largest absolute Gasteiger partial charge is 0.493 e. The first-order chi connectivity index (χ1) is 10.8. The lowest BCUT2D eigenvalue weighted by Gasteiger charge is -2.06. The number of allylic oxidation sites excluding steroid dienone is 1. The molecule has 0 aliphatic carbocycles. The number of hydrogen-bond donors (Lipinski definition) is 1. The predicted octanol–water partition coefficient (Wildman–Crippen LogP) is 4.46. The van der Waals surface area contributed by atoms with E-state index in [1.165, 1.54) is 0 Å². The Hall–Kier alpha value is -2.81. The molecule has 110 valence electrons. The van der Waals surface area contributed by atoms with E-state index in [1.54, 1.807) is 18.2 Å². The second-order valence-corrected chi connectivity index (χ2v) is 4.94. The summed E-state index contributed by atoms with van der Waals surface area (Å²) in [6.07, 6.45) is 3.37. The smallest absolute Gasteiger partial charge is 0.189 e. The Kier molecular flexibility index (Phi) is 4.05. The van der Waals surface area contributed by atoms with Gasteiger partial charge < -0.3 is 9.72 Å². The lowest BCUT2D eigenvalue weighted by Crippen LogP contribution is -2.01. The molecule has 0 aliphatic rings. The van der Waals surface area contributed by atoms with Gasteiger partial charge in [0.2, 0.25) is 0 Å². The number of fused-ring (bicyclic) bond motifs is 1. The van der Waals surface area contributed by atoms with Crippen molar-refractivity contribution in [1.29, 1.82) is 0 Å². The van der Waals surface area contributed by atoms with Crippen molar-refractivity contribution >= 4 is 22.8 Å². The zero-order chi connectivity index (χ0) is 15.4. The normalized spacial score (nSPS) is 11.1. The molecule has 0 spiro atoms. The Bertz CT molecular complexity index is 797. The number of ketones is 1. The summed E-state index contributed by atoms with van der Waals surface area (Å²) in [6, 6.07) is 17.3. The second kappa shape index (κ2) is 6.31. The maximum Gasteiger partial charge on any atom is 0.189 e. The van der Waals surface area contributed by atoms with Gasteiger partial charge in [-0.3, -0.25) is 4.79 Å². The van der Waals surface area contributed by atoms with Crippen molar-refractivity contribution in [1.82, 2.24) is 4.98 Å². The molecular formula is C19H17NO2. The number of carbonyl (C=O) groups excluding carboxylic acids is 1. The fourth-order valence-electron chi connectivity index (χ4n) is 2.39. The highest BCUT2D eigenvalue weighted by Gasteiger charge is 2.08. The van der Waals surface area contributed by atoms with Crippen LogP contribution in [0.3, 0.4) is 0 Å². The summed E-state index contributed by atoms with van der Waals surface area (Å²) in [5.74, 6) is 0.555. The van der Waals surface area contributed by atoms with Crippen LogP contribution in [0, 0.1) is 0 Å². The summed E-state index contributed by atoms with van der Waals surface area (Å²) < 4.78 is 5.50. The van der Waals surface area contributed by atoms with Crippen LogP contribution in [0.1, 0.15) is 23.0 Å². The molecule has 1 N–H and O–H groups in total. The van der Waals surface area contributed by atoms with Crippen LogP contribution in [0.15, 0.2) is 60.7 Å². The van der Waals surface area contributed by atoms with E-state index in [4.69, 9.17) is 4.74 Å². The minimum absolute atomic E-state index is 0.0669. The fourth-order valence-corrected chi connectivity index (χ4v) is 2.39. The summed E-state index contributed by atoms with van der Waals surface area (Å²) >= 11 is 0. The zero-order valence-electron chi connectivity index (χ0n) is 12.4. The molecule has 3 nitrogen and oxygen atoms in total. The molecule has 1 heterocycles.